The number of aliphatic carboxylic acids is 1. The van der Waals surface area contributed by atoms with Crippen LogP contribution in [0.2, 0.25) is 0 Å². The van der Waals surface area contributed by atoms with Gasteiger partial charge in [0, 0.05) is 23.1 Å². The molecule has 1 aliphatic rings. The van der Waals surface area contributed by atoms with E-state index in [2.05, 4.69) is 24.4 Å². The molecule has 0 radical (unpaired) electrons. The van der Waals surface area contributed by atoms with E-state index >= 15 is 0 Å². The molecule has 0 spiro atoms. The maximum Gasteiger partial charge on any atom is 0.416 e. The van der Waals surface area contributed by atoms with Crippen LogP contribution in [0.4, 0.5) is 13.2 Å². The number of hydrogen-bond donors (Lipinski definition) is 2. The topological polar surface area (TPSA) is 79.3 Å². The van der Waals surface area contributed by atoms with Gasteiger partial charge in [-0.25, -0.2) is 4.98 Å². The molecule has 1 aliphatic carbocycles. The van der Waals surface area contributed by atoms with E-state index in [1.54, 1.807) is 12.1 Å². The highest BCUT2D eigenvalue weighted by Crippen LogP contribution is 2.38. The minimum absolute atomic E-state index is 0.0538. The first-order chi connectivity index (χ1) is 21.1. The molecule has 0 saturated heterocycles. The fourth-order valence-corrected chi connectivity index (χ4v) is 6.26. The van der Waals surface area contributed by atoms with Crippen molar-refractivity contribution in [2.24, 2.45) is 0 Å². The third kappa shape index (κ3) is 7.47. The Hall–Kier alpha value is -4.20. The van der Waals surface area contributed by atoms with Crippen LogP contribution >= 0.6 is 0 Å². The number of carboxylic acid groups (broad SMARTS) is 1. The fraction of sp³-hybridized carbons (Fsp3) is 0.361. The molecule has 2 N–H and O–H groups in total. The number of rotatable bonds is 11. The van der Waals surface area contributed by atoms with Crippen LogP contribution in [0.15, 0.2) is 72.8 Å². The number of nitrogens with zero attached hydrogens (tertiary/aromatic N) is 1. The molecule has 1 aromatic heterocycles. The molecular weight excluding hydrogens is 565 g/mol. The normalized spacial score (nSPS) is 14.5. The molecule has 5 rings (SSSR count). The van der Waals surface area contributed by atoms with Crippen molar-refractivity contribution in [1.29, 1.82) is 0 Å². The molecule has 4 aromatic rings. The minimum atomic E-state index is -4.46. The smallest absolute Gasteiger partial charge is 0.416 e. The van der Waals surface area contributed by atoms with Crippen LogP contribution in [-0.2, 0) is 17.4 Å². The Morgan fingerprint density at radius 2 is 1.68 bits per heavy atom. The molecule has 8 heteroatoms. The number of alkyl halides is 3. The molecule has 0 aliphatic heterocycles. The molecule has 44 heavy (non-hydrogen) atoms. The van der Waals surface area contributed by atoms with Gasteiger partial charge in [0.05, 0.1) is 23.2 Å². The van der Waals surface area contributed by atoms with Crippen molar-refractivity contribution in [3.63, 3.8) is 0 Å². The molecule has 3 aromatic carbocycles. The van der Waals surface area contributed by atoms with Crippen LogP contribution in [0.25, 0.3) is 22.2 Å². The van der Waals surface area contributed by atoms with Gasteiger partial charge >= 0.3 is 12.1 Å². The van der Waals surface area contributed by atoms with Crippen LogP contribution in [-0.4, -0.2) is 28.5 Å². The average molecular weight is 603 g/mol. The van der Waals surface area contributed by atoms with Crippen LogP contribution in [0, 0.1) is 0 Å². The lowest BCUT2D eigenvalue weighted by molar-refractivity contribution is -0.138. The van der Waals surface area contributed by atoms with Crippen molar-refractivity contribution in [2.45, 2.75) is 76.3 Å². The van der Waals surface area contributed by atoms with E-state index in [4.69, 9.17) is 10.1 Å². The van der Waals surface area contributed by atoms with E-state index in [9.17, 15) is 22.8 Å². The van der Waals surface area contributed by atoms with Crippen molar-refractivity contribution in [2.75, 3.05) is 6.54 Å². The number of hydrogen-bond acceptors (Lipinski definition) is 3. The number of carboxylic acids is 1. The van der Waals surface area contributed by atoms with Crippen molar-refractivity contribution >= 4 is 22.8 Å². The summed E-state index contributed by atoms with van der Waals surface area (Å²) in [6.45, 7) is 2.16. The summed E-state index contributed by atoms with van der Waals surface area (Å²) in [5, 5.41) is 12.1. The first-order valence-corrected chi connectivity index (χ1v) is 15.3. The molecule has 1 heterocycles. The van der Waals surface area contributed by atoms with Crippen LogP contribution in [0.1, 0.15) is 96.3 Å². The quantitative estimate of drug-likeness (QED) is 0.180. The maximum atomic E-state index is 13.6. The summed E-state index contributed by atoms with van der Waals surface area (Å²) in [7, 11) is 0. The summed E-state index contributed by atoms with van der Waals surface area (Å²) < 4.78 is 40.7. The second-order valence-corrected chi connectivity index (χ2v) is 11.7. The van der Waals surface area contributed by atoms with Gasteiger partial charge in [-0.3, -0.25) is 9.59 Å². The summed E-state index contributed by atoms with van der Waals surface area (Å²) in [5.41, 5.74) is 4.90. The molecule has 1 amide bonds. The third-order valence-corrected chi connectivity index (χ3v) is 8.61. The van der Waals surface area contributed by atoms with Gasteiger partial charge in [0.15, 0.2) is 0 Å². The number of halogens is 3. The molecular formula is C36H37F3N2O3. The SMILES string of the molecule is CCC[C@@H](Cc1cc2ccc(C(F)(F)F)cc2nc1-c1ccc(C2CCCC2)cc1)c1ccc(C(=O)NCCC(=O)O)cc1. The van der Waals surface area contributed by atoms with Gasteiger partial charge in [-0.2, -0.15) is 13.2 Å². The number of fused-ring (bicyclic) bond motifs is 1. The number of carbonyl (C=O) groups is 2. The van der Waals surface area contributed by atoms with E-state index < -0.39 is 17.7 Å². The number of aromatic nitrogens is 1. The van der Waals surface area contributed by atoms with Gasteiger partial charge in [0.25, 0.3) is 5.91 Å². The first kappa shape index (κ1) is 31.2. The number of carbonyl (C=O) groups excluding carboxylic acids is 1. The van der Waals surface area contributed by atoms with E-state index in [-0.39, 0.29) is 24.8 Å². The highest BCUT2D eigenvalue weighted by molar-refractivity contribution is 5.94. The molecule has 1 saturated carbocycles. The van der Waals surface area contributed by atoms with Crippen LogP contribution in [0.3, 0.4) is 0 Å². The Morgan fingerprint density at radius 3 is 2.32 bits per heavy atom. The molecule has 230 valence electrons. The largest absolute Gasteiger partial charge is 0.481 e. The zero-order chi connectivity index (χ0) is 31.3. The van der Waals surface area contributed by atoms with Gasteiger partial charge in [-0.05, 0) is 84.5 Å². The van der Waals surface area contributed by atoms with Gasteiger partial charge in [0.2, 0.25) is 0 Å². The van der Waals surface area contributed by atoms with E-state index in [1.165, 1.54) is 37.3 Å². The standard InChI is InChI=1S/C36H37F3N2O3/c1-2-5-28(25-10-14-27(15-11-25)35(44)40-19-18-33(42)43)20-30-21-29-16-17-31(36(37,38)39)22-32(29)41-34(30)26-12-8-24(9-13-26)23-6-3-4-7-23/h8-17,21-23,28H,2-7,18-20H2,1H3,(H,40,44)(H,42,43)/t28-/m0/s1. The second-order valence-electron chi connectivity index (χ2n) is 11.7. The van der Waals surface area contributed by atoms with E-state index in [0.29, 0.717) is 34.5 Å². The molecule has 0 unspecified atom stereocenters. The Morgan fingerprint density at radius 1 is 0.977 bits per heavy atom. The summed E-state index contributed by atoms with van der Waals surface area (Å²) >= 11 is 0. The van der Waals surface area contributed by atoms with Crippen molar-refractivity contribution in [1.82, 2.24) is 10.3 Å². The second kappa shape index (κ2) is 13.6. The highest BCUT2D eigenvalue weighted by Gasteiger charge is 2.31. The van der Waals surface area contributed by atoms with Gasteiger partial charge in [-0.1, -0.05) is 68.7 Å². The number of pyridine rings is 1. The number of benzene rings is 3. The summed E-state index contributed by atoms with van der Waals surface area (Å²) in [6.07, 6.45) is 2.65. The number of nitrogens with one attached hydrogen (secondary N) is 1. The van der Waals surface area contributed by atoms with Gasteiger partial charge in [-0.15, -0.1) is 0 Å². The molecule has 0 bridgehead atoms. The lowest BCUT2D eigenvalue weighted by Crippen LogP contribution is -2.25. The molecule has 5 nitrogen and oxygen atoms in total. The Kier molecular flexibility index (Phi) is 9.67. The lowest BCUT2D eigenvalue weighted by Gasteiger charge is -2.20. The number of amides is 1. The van der Waals surface area contributed by atoms with Gasteiger partial charge in [0.1, 0.15) is 0 Å². The minimum Gasteiger partial charge on any atom is -0.481 e. The van der Waals surface area contributed by atoms with Crippen molar-refractivity contribution < 1.29 is 27.9 Å². The lowest BCUT2D eigenvalue weighted by atomic mass is 9.86. The van der Waals surface area contributed by atoms with Crippen molar-refractivity contribution in [3.8, 4) is 11.3 Å². The Labute approximate surface area is 255 Å². The van der Waals surface area contributed by atoms with Crippen LogP contribution in [0.5, 0.6) is 0 Å². The van der Waals surface area contributed by atoms with Gasteiger partial charge < -0.3 is 10.4 Å². The molecule has 1 fully saturated rings. The predicted molar refractivity (Wildman–Crippen MR) is 166 cm³/mol. The summed E-state index contributed by atoms with van der Waals surface area (Å²) in [4.78, 5) is 28.1. The fourth-order valence-electron chi connectivity index (χ4n) is 6.26. The zero-order valence-corrected chi connectivity index (χ0v) is 24.8. The van der Waals surface area contributed by atoms with E-state index in [0.717, 1.165) is 41.7 Å². The maximum absolute atomic E-state index is 13.6. The zero-order valence-electron chi connectivity index (χ0n) is 24.8. The summed E-state index contributed by atoms with van der Waals surface area (Å²) in [6, 6.07) is 21.4. The van der Waals surface area contributed by atoms with Crippen molar-refractivity contribution in [3.05, 3.63) is 101 Å². The third-order valence-electron chi connectivity index (χ3n) is 8.61. The predicted octanol–water partition coefficient (Wildman–Crippen LogP) is 8.91. The highest BCUT2D eigenvalue weighted by atomic mass is 19.4. The Balaban J connectivity index is 1.48. The molecule has 1 atom stereocenters. The average Bonchev–Trinajstić information content (AvgIpc) is 3.55. The summed E-state index contributed by atoms with van der Waals surface area (Å²) in [5.74, 6) is -0.658. The van der Waals surface area contributed by atoms with Crippen LogP contribution < -0.4 is 5.32 Å². The van der Waals surface area contributed by atoms with E-state index in [1.807, 2.05) is 30.3 Å². The monoisotopic (exact) mass is 602 g/mol. The first-order valence-electron chi connectivity index (χ1n) is 15.3. The Bertz CT molecular complexity index is 1610.